The molecule has 1 heteroatoms. The second kappa shape index (κ2) is 3.37. The SMILES string of the molecule is CC1CCC2C(C)CCCC2N1. The van der Waals surface area contributed by atoms with E-state index in [-0.39, 0.29) is 0 Å². The maximum absolute atomic E-state index is 3.75. The molecule has 1 aliphatic carbocycles. The molecule has 2 rings (SSSR count). The third kappa shape index (κ3) is 1.52. The molecule has 0 spiro atoms. The van der Waals surface area contributed by atoms with E-state index in [4.69, 9.17) is 0 Å². The van der Waals surface area contributed by atoms with Crippen LogP contribution in [0.3, 0.4) is 0 Å². The normalized spacial score (nSPS) is 48.5. The van der Waals surface area contributed by atoms with Crippen molar-refractivity contribution >= 4 is 0 Å². The van der Waals surface area contributed by atoms with Crippen LogP contribution in [-0.4, -0.2) is 12.1 Å². The third-order valence-corrected chi connectivity index (χ3v) is 3.85. The van der Waals surface area contributed by atoms with E-state index in [2.05, 4.69) is 19.2 Å². The lowest BCUT2D eigenvalue weighted by atomic mass is 9.72. The Morgan fingerprint density at radius 1 is 1.00 bits per heavy atom. The number of hydrogen-bond acceptors (Lipinski definition) is 1. The molecule has 1 aliphatic heterocycles. The van der Waals surface area contributed by atoms with Crippen LogP contribution in [0.2, 0.25) is 0 Å². The molecule has 4 atom stereocenters. The van der Waals surface area contributed by atoms with E-state index < -0.39 is 0 Å². The molecule has 0 amide bonds. The number of nitrogens with one attached hydrogen (secondary N) is 1. The van der Waals surface area contributed by atoms with Crippen molar-refractivity contribution in [1.29, 1.82) is 0 Å². The maximum Gasteiger partial charge on any atom is 0.0100 e. The van der Waals surface area contributed by atoms with Gasteiger partial charge in [-0.1, -0.05) is 19.8 Å². The van der Waals surface area contributed by atoms with Gasteiger partial charge in [0.1, 0.15) is 0 Å². The van der Waals surface area contributed by atoms with E-state index in [1.54, 1.807) is 0 Å². The van der Waals surface area contributed by atoms with Gasteiger partial charge in [-0.2, -0.15) is 0 Å². The fourth-order valence-electron chi connectivity index (χ4n) is 3.07. The Morgan fingerprint density at radius 3 is 2.67 bits per heavy atom. The van der Waals surface area contributed by atoms with E-state index in [1.165, 1.54) is 32.1 Å². The molecule has 0 radical (unpaired) electrons. The monoisotopic (exact) mass is 167 g/mol. The van der Waals surface area contributed by atoms with Crippen LogP contribution in [0.15, 0.2) is 0 Å². The number of rotatable bonds is 0. The van der Waals surface area contributed by atoms with E-state index in [0.717, 1.165) is 23.9 Å². The van der Waals surface area contributed by atoms with Crippen LogP contribution in [0.5, 0.6) is 0 Å². The van der Waals surface area contributed by atoms with Gasteiger partial charge >= 0.3 is 0 Å². The van der Waals surface area contributed by atoms with Crippen molar-refractivity contribution in [1.82, 2.24) is 5.32 Å². The van der Waals surface area contributed by atoms with Crippen LogP contribution in [0.4, 0.5) is 0 Å². The predicted octanol–water partition coefficient (Wildman–Crippen LogP) is 2.56. The van der Waals surface area contributed by atoms with Gasteiger partial charge in [-0.15, -0.1) is 0 Å². The van der Waals surface area contributed by atoms with Gasteiger partial charge in [-0.05, 0) is 38.0 Å². The Labute approximate surface area is 75.9 Å². The summed E-state index contributed by atoms with van der Waals surface area (Å²) >= 11 is 0. The van der Waals surface area contributed by atoms with E-state index in [1.807, 2.05) is 0 Å². The van der Waals surface area contributed by atoms with Crippen LogP contribution in [0, 0.1) is 11.8 Å². The molecule has 4 unspecified atom stereocenters. The first-order valence-electron chi connectivity index (χ1n) is 5.53. The van der Waals surface area contributed by atoms with Crippen molar-refractivity contribution in [2.45, 2.75) is 58.0 Å². The van der Waals surface area contributed by atoms with Crippen LogP contribution >= 0.6 is 0 Å². The molecule has 1 heterocycles. The lowest BCUT2D eigenvalue weighted by Gasteiger charge is -2.43. The minimum atomic E-state index is 0.775. The second-order valence-corrected chi connectivity index (χ2v) is 4.82. The van der Waals surface area contributed by atoms with Gasteiger partial charge in [0, 0.05) is 12.1 Å². The molecule has 1 N–H and O–H groups in total. The molecule has 1 saturated carbocycles. The molecule has 1 saturated heterocycles. The highest BCUT2D eigenvalue weighted by molar-refractivity contribution is 4.90. The van der Waals surface area contributed by atoms with Crippen molar-refractivity contribution < 1.29 is 0 Å². The molecule has 1 nitrogen and oxygen atoms in total. The summed E-state index contributed by atoms with van der Waals surface area (Å²) in [7, 11) is 0. The standard InChI is InChI=1S/C11H21N/c1-8-4-3-5-11-10(8)7-6-9(2)12-11/h8-12H,3-7H2,1-2H3. The Hall–Kier alpha value is -0.0400. The van der Waals surface area contributed by atoms with Gasteiger partial charge < -0.3 is 5.32 Å². The van der Waals surface area contributed by atoms with E-state index in [9.17, 15) is 0 Å². The molecule has 2 fully saturated rings. The predicted molar refractivity (Wildman–Crippen MR) is 52.1 cm³/mol. The summed E-state index contributed by atoms with van der Waals surface area (Å²) in [6.07, 6.45) is 7.21. The molecule has 0 aromatic carbocycles. The largest absolute Gasteiger partial charge is 0.311 e. The third-order valence-electron chi connectivity index (χ3n) is 3.85. The van der Waals surface area contributed by atoms with Crippen molar-refractivity contribution in [3.05, 3.63) is 0 Å². The molecule has 70 valence electrons. The lowest BCUT2D eigenvalue weighted by molar-refractivity contribution is 0.129. The Balaban J connectivity index is 1.99. The van der Waals surface area contributed by atoms with Crippen LogP contribution in [0.25, 0.3) is 0 Å². The number of piperidine rings is 1. The van der Waals surface area contributed by atoms with Gasteiger partial charge in [-0.25, -0.2) is 0 Å². The average Bonchev–Trinajstić information content (AvgIpc) is 2.04. The Morgan fingerprint density at radius 2 is 1.83 bits per heavy atom. The first-order chi connectivity index (χ1) is 5.77. The molecule has 2 aliphatic rings. The number of fused-ring (bicyclic) bond motifs is 1. The van der Waals surface area contributed by atoms with Gasteiger partial charge in [0.15, 0.2) is 0 Å². The molecule has 0 bridgehead atoms. The van der Waals surface area contributed by atoms with Crippen molar-refractivity contribution in [2.75, 3.05) is 0 Å². The fourth-order valence-corrected chi connectivity index (χ4v) is 3.07. The van der Waals surface area contributed by atoms with Crippen LogP contribution < -0.4 is 5.32 Å². The van der Waals surface area contributed by atoms with Crippen LogP contribution in [-0.2, 0) is 0 Å². The molecular weight excluding hydrogens is 146 g/mol. The summed E-state index contributed by atoms with van der Waals surface area (Å²) in [5, 5.41) is 3.75. The lowest BCUT2D eigenvalue weighted by Crippen LogP contribution is -2.49. The molecule has 0 aromatic rings. The first kappa shape index (κ1) is 8.55. The Kier molecular flexibility index (Phi) is 2.40. The zero-order valence-corrected chi connectivity index (χ0v) is 8.34. The summed E-state index contributed by atoms with van der Waals surface area (Å²) in [5.41, 5.74) is 0. The van der Waals surface area contributed by atoms with E-state index >= 15 is 0 Å². The molecule has 12 heavy (non-hydrogen) atoms. The summed E-state index contributed by atoms with van der Waals surface area (Å²) in [6.45, 7) is 4.77. The van der Waals surface area contributed by atoms with Gasteiger partial charge in [0.05, 0.1) is 0 Å². The van der Waals surface area contributed by atoms with Crippen molar-refractivity contribution in [3.63, 3.8) is 0 Å². The van der Waals surface area contributed by atoms with Crippen LogP contribution in [0.1, 0.15) is 46.0 Å². The Bertz CT molecular complexity index is 155. The second-order valence-electron chi connectivity index (χ2n) is 4.82. The van der Waals surface area contributed by atoms with Gasteiger partial charge in [0.2, 0.25) is 0 Å². The van der Waals surface area contributed by atoms with E-state index in [0.29, 0.717) is 0 Å². The highest BCUT2D eigenvalue weighted by atomic mass is 15.0. The molecular formula is C11H21N. The maximum atomic E-state index is 3.75. The summed E-state index contributed by atoms with van der Waals surface area (Å²) < 4.78 is 0. The highest BCUT2D eigenvalue weighted by Gasteiger charge is 2.33. The number of hydrogen-bond donors (Lipinski definition) is 1. The first-order valence-corrected chi connectivity index (χ1v) is 5.53. The zero-order chi connectivity index (χ0) is 8.55. The fraction of sp³-hybridized carbons (Fsp3) is 1.00. The van der Waals surface area contributed by atoms with Gasteiger partial charge in [-0.3, -0.25) is 0 Å². The summed E-state index contributed by atoms with van der Waals surface area (Å²) in [6, 6.07) is 1.63. The summed E-state index contributed by atoms with van der Waals surface area (Å²) in [5.74, 6) is 1.97. The van der Waals surface area contributed by atoms with Crippen molar-refractivity contribution in [2.24, 2.45) is 11.8 Å². The quantitative estimate of drug-likeness (QED) is 0.584. The summed E-state index contributed by atoms with van der Waals surface area (Å²) in [4.78, 5) is 0. The zero-order valence-electron chi connectivity index (χ0n) is 8.34. The molecule has 0 aromatic heterocycles. The minimum absolute atomic E-state index is 0.775. The highest BCUT2D eigenvalue weighted by Crippen LogP contribution is 2.36. The van der Waals surface area contributed by atoms with Crippen molar-refractivity contribution in [3.8, 4) is 0 Å². The topological polar surface area (TPSA) is 12.0 Å². The van der Waals surface area contributed by atoms with Gasteiger partial charge in [0.25, 0.3) is 0 Å². The average molecular weight is 167 g/mol. The smallest absolute Gasteiger partial charge is 0.0100 e. The minimum Gasteiger partial charge on any atom is -0.311 e.